The first-order valence-corrected chi connectivity index (χ1v) is 7.23. The van der Waals surface area contributed by atoms with Crippen LogP contribution in [0.4, 0.5) is 0 Å². The average Bonchev–Trinajstić information content (AvgIpc) is 2.96. The van der Waals surface area contributed by atoms with Gasteiger partial charge in [-0.3, -0.25) is 0 Å². The van der Waals surface area contributed by atoms with E-state index in [9.17, 15) is 0 Å². The van der Waals surface area contributed by atoms with E-state index >= 15 is 0 Å². The summed E-state index contributed by atoms with van der Waals surface area (Å²) in [7, 11) is 0. The van der Waals surface area contributed by atoms with Gasteiger partial charge in [0.25, 0.3) is 0 Å². The Hall–Kier alpha value is -0.900. The first-order chi connectivity index (χ1) is 9.25. The summed E-state index contributed by atoms with van der Waals surface area (Å²) in [4.78, 5) is 0. The number of hydrogen-bond acceptors (Lipinski definition) is 3. The van der Waals surface area contributed by atoms with Crippen molar-refractivity contribution in [1.82, 2.24) is 5.32 Å². The highest BCUT2D eigenvalue weighted by Gasteiger charge is 2.17. The smallest absolute Gasteiger partial charge is 0.0831 e. The molecule has 3 atom stereocenters. The highest BCUT2D eigenvalue weighted by atomic mass is 16.5. The summed E-state index contributed by atoms with van der Waals surface area (Å²) in [6, 6.07) is 11.0. The molecule has 0 radical (unpaired) electrons. The van der Waals surface area contributed by atoms with E-state index in [4.69, 9.17) is 9.47 Å². The normalized spacial score (nSPS) is 22.3. The lowest BCUT2D eigenvalue weighted by atomic mass is 10.0. The third-order valence-corrected chi connectivity index (χ3v) is 3.61. The van der Waals surface area contributed by atoms with Crippen LogP contribution in [-0.2, 0) is 9.47 Å². The largest absolute Gasteiger partial charge is 0.379 e. The van der Waals surface area contributed by atoms with Crippen molar-refractivity contribution < 1.29 is 9.47 Å². The fraction of sp³-hybridized carbons (Fsp3) is 0.625. The standard InChI is InChI=1S/C16H25NO2/c1-13(15-6-4-3-5-7-15)10-17-14(2)11-19-16-8-9-18-12-16/h3-7,13-14,16-17H,8-12H2,1-2H3. The van der Waals surface area contributed by atoms with Crippen LogP contribution in [0.5, 0.6) is 0 Å². The van der Waals surface area contributed by atoms with Crippen LogP contribution in [0.3, 0.4) is 0 Å². The zero-order chi connectivity index (χ0) is 13.5. The lowest BCUT2D eigenvalue weighted by Gasteiger charge is -2.19. The fourth-order valence-electron chi connectivity index (χ4n) is 2.26. The Balaban J connectivity index is 1.64. The molecule has 0 amide bonds. The molecule has 106 valence electrons. The van der Waals surface area contributed by atoms with Crippen molar-refractivity contribution in [1.29, 1.82) is 0 Å². The molecule has 3 heteroatoms. The summed E-state index contributed by atoms with van der Waals surface area (Å²) in [5.41, 5.74) is 1.38. The lowest BCUT2D eigenvalue weighted by molar-refractivity contribution is 0.0323. The van der Waals surface area contributed by atoms with Crippen LogP contribution in [0.15, 0.2) is 30.3 Å². The maximum absolute atomic E-state index is 5.82. The van der Waals surface area contributed by atoms with Crippen LogP contribution in [0.25, 0.3) is 0 Å². The van der Waals surface area contributed by atoms with Gasteiger partial charge < -0.3 is 14.8 Å². The number of benzene rings is 1. The topological polar surface area (TPSA) is 30.5 Å². The second kappa shape index (κ2) is 7.63. The fourth-order valence-corrected chi connectivity index (χ4v) is 2.26. The Morgan fingerprint density at radius 1 is 1.32 bits per heavy atom. The molecular weight excluding hydrogens is 238 g/mol. The van der Waals surface area contributed by atoms with Crippen LogP contribution >= 0.6 is 0 Å². The van der Waals surface area contributed by atoms with Gasteiger partial charge in [-0.2, -0.15) is 0 Å². The van der Waals surface area contributed by atoms with Gasteiger partial charge in [-0.25, -0.2) is 0 Å². The van der Waals surface area contributed by atoms with Crippen molar-refractivity contribution in [3.63, 3.8) is 0 Å². The minimum absolute atomic E-state index is 0.302. The number of nitrogens with one attached hydrogen (secondary N) is 1. The second-order valence-corrected chi connectivity index (χ2v) is 5.44. The summed E-state index contributed by atoms with van der Waals surface area (Å²) in [5.74, 6) is 0.526. The van der Waals surface area contributed by atoms with Crippen LogP contribution in [-0.4, -0.2) is 38.5 Å². The maximum atomic E-state index is 5.82. The van der Waals surface area contributed by atoms with Gasteiger partial charge in [0.05, 0.1) is 19.3 Å². The molecular formula is C16H25NO2. The van der Waals surface area contributed by atoms with Crippen LogP contribution < -0.4 is 5.32 Å². The Kier molecular flexibility index (Phi) is 5.83. The van der Waals surface area contributed by atoms with Crippen LogP contribution in [0, 0.1) is 0 Å². The molecule has 1 heterocycles. The SMILES string of the molecule is CC(COC1CCOC1)NCC(C)c1ccccc1. The quantitative estimate of drug-likeness (QED) is 0.820. The van der Waals surface area contributed by atoms with Gasteiger partial charge in [0.15, 0.2) is 0 Å². The van der Waals surface area contributed by atoms with Crippen molar-refractivity contribution in [3.05, 3.63) is 35.9 Å². The molecule has 3 unspecified atom stereocenters. The zero-order valence-corrected chi connectivity index (χ0v) is 12.0. The first-order valence-electron chi connectivity index (χ1n) is 7.23. The van der Waals surface area contributed by atoms with Gasteiger partial charge in [-0.05, 0) is 24.8 Å². The van der Waals surface area contributed by atoms with E-state index in [1.165, 1.54) is 5.56 Å². The van der Waals surface area contributed by atoms with Crippen molar-refractivity contribution in [2.24, 2.45) is 0 Å². The third kappa shape index (κ3) is 4.94. The van der Waals surface area contributed by atoms with E-state index in [1.54, 1.807) is 0 Å². The summed E-state index contributed by atoms with van der Waals surface area (Å²) in [6.07, 6.45) is 1.34. The van der Waals surface area contributed by atoms with Crippen LogP contribution in [0.2, 0.25) is 0 Å². The van der Waals surface area contributed by atoms with Crippen molar-refractivity contribution in [2.75, 3.05) is 26.4 Å². The zero-order valence-electron chi connectivity index (χ0n) is 12.0. The highest BCUT2D eigenvalue weighted by molar-refractivity contribution is 5.18. The molecule has 0 aromatic heterocycles. The number of hydrogen-bond donors (Lipinski definition) is 1. The molecule has 1 aromatic carbocycles. The van der Waals surface area contributed by atoms with Crippen LogP contribution in [0.1, 0.15) is 31.7 Å². The van der Waals surface area contributed by atoms with Gasteiger partial charge in [-0.1, -0.05) is 37.3 Å². The summed E-state index contributed by atoms with van der Waals surface area (Å²) in [5, 5.41) is 3.54. The van der Waals surface area contributed by atoms with Gasteiger partial charge in [0.1, 0.15) is 0 Å². The molecule has 1 saturated heterocycles. The van der Waals surface area contributed by atoms with Gasteiger partial charge in [-0.15, -0.1) is 0 Å². The predicted molar refractivity (Wildman–Crippen MR) is 77.5 cm³/mol. The Labute approximate surface area is 116 Å². The van der Waals surface area contributed by atoms with Crippen molar-refractivity contribution in [2.45, 2.75) is 38.3 Å². The Morgan fingerprint density at radius 3 is 2.79 bits per heavy atom. The first kappa shape index (κ1) is 14.5. The minimum Gasteiger partial charge on any atom is -0.379 e. The molecule has 0 spiro atoms. The lowest BCUT2D eigenvalue weighted by Crippen LogP contribution is -2.34. The van der Waals surface area contributed by atoms with Gasteiger partial charge >= 0.3 is 0 Å². The molecule has 19 heavy (non-hydrogen) atoms. The maximum Gasteiger partial charge on any atom is 0.0831 e. The number of ether oxygens (including phenoxy) is 2. The van der Waals surface area contributed by atoms with Crippen molar-refractivity contribution >= 4 is 0 Å². The molecule has 1 N–H and O–H groups in total. The van der Waals surface area contributed by atoms with E-state index in [-0.39, 0.29) is 0 Å². The van der Waals surface area contributed by atoms with E-state index in [1.807, 2.05) is 0 Å². The Morgan fingerprint density at radius 2 is 2.11 bits per heavy atom. The molecule has 1 aliphatic heterocycles. The summed E-state index contributed by atoms with van der Waals surface area (Å²) >= 11 is 0. The third-order valence-electron chi connectivity index (χ3n) is 3.61. The van der Waals surface area contributed by atoms with E-state index in [2.05, 4.69) is 49.5 Å². The predicted octanol–water partition coefficient (Wildman–Crippen LogP) is 2.57. The molecule has 1 fully saturated rings. The van der Waals surface area contributed by atoms with E-state index < -0.39 is 0 Å². The molecule has 3 nitrogen and oxygen atoms in total. The molecule has 1 aromatic rings. The second-order valence-electron chi connectivity index (χ2n) is 5.44. The van der Waals surface area contributed by atoms with E-state index in [0.717, 1.165) is 32.8 Å². The highest BCUT2D eigenvalue weighted by Crippen LogP contribution is 2.13. The molecule has 0 aliphatic carbocycles. The molecule has 0 saturated carbocycles. The monoisotopic (exact) mass is 263 g/mol. The minimum atomic E-state index is 0.302. The molecule has 1 aliphatic rings. The van der Waals surface area contributed by atoms with E-state index in [0.29, 0.717) is 18.1 Å². The Bertz CT molecular complexity index is 349. The van der Waals surface area contributed by atoms with Gasteiger partial charge in [0, 0.05) is 19.2 Å². The number of rotatable bonds is 7. The summed E-state index contributed by atoms with van der Waals surface area (Å²) < 4.78 is 11.1. The summed E-state index contributed by atoms with van der Waals surface area (Å²) in [6.45, 7) is 7.77. The van der Waals surface area contributed by atoms with Gasteiger partial charge in [0.2, 0.25) is 0 Å². The average molecular weight is 263 g/mol. The van der Waals surface area contributed by atoms with Crippen molar-refractivity contribution in [3.8, 4) is 0 Å². The molecule has 0 bridgehead atoms. The molecule has 2 rings (SSSR count).